The molecule has 6 heteroatoms. The molecule has 1 aromatic heterocycles. The van der Waals surface area contributed by atoms with Crippen molar-refractivity contribution in [3.8, 4) is 0 Å². The summed E-state index contributed by atoms with van der Waals surface area (Å²) in [4.78, 5) is 43.8. The number of carbonyl (C=O) groups is 3. The lowest BCUT2D eigenvalue weighted by Gasteiger charge is -2.56. The zero-order valence-corrected chi connectivity index (χ0v) is 18.7. The highest BCUT2D eigenvalue weighted by Crippen LogP contribution is 2.60. The Morgan fingerprint density at radius 3 is 2.10 bits per heavy atom. The van der Waals surface area contributed by atoms with Crippen LogP contribution in [0.4, 0.5) is 0 Å². The Kier molecular flexibility index (Phi) is 5.54. The summed E-state index contributed by atoms with van der Waals surface area (Å²) in [5.74, 6) is 1.68. The number of aryl methyl sites for hydroxylation is 1. The smallest absolute Gasteiger partial charge is 0.355 e. The number of esters is 1. The van der Waals surface area contributed by atoms with E-state index >= 15 is 0 Å². The molecule has 4 fully saturated rings. The zero-order valence-electron chi connectivity index (χ0n) is 18.7. The standard InChI is InChI=1S/C24H34N2O4/c1-5-26(23(29)24-10-16-7-17(11-24)9-18(8-16)12-24)13-19(27)20-14(3)21(25-15(20)4)22(28)30-6-2/h16-18,25H,5-13H2,1-4H3. The molecule has 0 radical (unpaired) electrons. The first-order chi connectivity index (χ1) is 14.3. The van der Waals surface area contributed by atoms with Crippen molar-refractivity contribution >= 4 is 17.7 Å². The van der Waals surface area contributed by atoms with Gasteiger partial charge in [-0.25, -0.2) is 4.79 Å². The van der Waals surface area contributed by atoms with Gasteiger partial charge in [0.15, 0.2) is 5.78 Å². The van der Waals surface area contributed by atoms with Crippen LogP contribution in [-0.2, 0) is 9.53 Å². The Bertz CT molecular complexity index is 834. The molecule has 1 aromatic rings. The number of carbonyl (C=O) groups excluding carboxylic acids is 3. The van der Waals surface area contributed by atoms with Gasteiger partial charge < -0.3 is 14.6 Å². The van der Waals surface area contributed by atoms with Crippen molar-refractivity contribution in [2.24, 2.45) is 23.2 Å². The number of aromatic amines is 1. The summed E-state index contributed by atoms with van der Waals surface area (Å²) in [5.41, 5.74) is 1.85. The molecule has 4 aliphatic carbocycles. The first-order valence-electron chi connectivity index (χ1n) is 11.5. The Hall–Kier alpha value is -2.11. The first-order valence-corrected chi connectivity index (χ1v) is 11.5. The summed E-state index contributed by atoms with van der Waals surface area (Å²) in [6.07, 6.45) is 6.86. The number of hydrogen-bond acceptors (Lipinski definition) is 4. The molecule has 6 nitrogen and oxygen atoms in total. The van der Waals surface area contributed by atoms with E-state index in [0.717, 1.165) is 19.3 Å². The average molecular weight is 415 g/mol. The maximum Gasteiger partial charge on any atom is 0.355 e. The van der Waals surface area contributed by atoms with E-state index in [2.05, 4.69) is 4.98 Å². The van der Waals surface area contributed by atoms with E-state index < -0.39 is 5.97 Å². The molecule has 164 valence electrons. The maximum absolute atomic E-state index is 13.7. The van der Waals surface area contributed by atoms with Gasteiger partial charge in [0.1, 0.15) is 5.69 Å². The molecule has 1 amide bonds. The molecule has 4 saturated carbocycles. The van der Waals surface area contributed by atoms with Gasteiger partial charge in [0, 0.05) is 17.8 Å². The number of Topliss-reactive ketones (excluding diaryl/α,β-unsaturated/α-hetero) is 1. The Morgan fingerprint density at radius 1 is 1.03 bits per heavy atom. The molecule has 0 unspecified atom stereocenters. The highest BCUT2D eigenvalue weighted by molar-refractivity contribution is 6.04. The summed E-state index contributed by atoms with van der Waals surface area (Å²) < 4.78 is 5.09. The van der Waals surface area contributed by atoms with E-state index in [-0.39, 0.29) is 30.3 Å². The number of rotatable bonds is 7. The van der Waals surface area contributed by atoms with Crippen LogP contribution in [0.15, 0.2) is 0 Å². The number of hydrogen-bond donors (Lipinski definition) is 1. The summed E-state index contributed by atoms with van der Waals surface area (Å²) in [7, 11) is 0. The minimum atomic E-state index is -0.450. The van der Waals surface area contributed by atoms with Crippen LogP contribution in [0.3, 0.4) is 0 Å². The van der Waals surface area contributed by atoms with Crippen molar-refractivity contribution in [1.82, 2.24) is 9.88 Å². The predicted octanol–water partition coefficient (Wildman–Crippen LogP) is 4.06. The largest absolute Gasteiger partial charge is 0.461 e. The molecule has 0 saturated heterocycles. The van der Waals surface area contributed by atoms with Gasteiger partial charge in [-0.3, -0.25) is 9.59 Å². The lowest BCUT2D eigenvalue weighted by atomic mass is 9.49. The number of H-pyrrole nitrogens is 1. The molecule has 1 N–H and O–H groups in total. The van der Waals surface area contributed by atoms with Gasteiger partial charge in [-0.15, -0.1) is 0 Å². The molecule has 30 heavy (non-hydrogen) atoms. The fourth-order valence-electron chi connectivity index (χ4n) is 6.86. The van der Waals surface area contributed by atoms with E-state index in [1.54, 1.807) is 25.7 Å². The van der Waals surface area contributed by atoms with Crippen molar-refractivity contribution in [2.45, 2.75) is 66.2 Å². The van der Waals surface area contributed by atoms with Crippen LogP contribution in [0.5, 0.6) is 0 Å². The molecule has 0 aromatic carbocycles. The fourth-order valence-corrected chi connectivity index (χ4v) is 6.86. The van der Waals surface area contributed by atoms with E-state index in [0.29, 0.717) is 46.8 Å². The molecular formula is C24H34N2O4. The van der Waals surface area contributed by atoms with Crippen molar-refractivity contribution in [2.75, 3.05) is 19.7 Å². The lowest BCUT2D eigenvalue weighted by Crippen LogP contribution is -2.55. The Balaban J connectivity index is 1.52. The highest BCUT2D eigenvalue weighted by atomic mass is 16.5. The topological polar surface area (TPSA) is 79.5 Å². The number of nitrogens with zero attached hydrogens (tertiary/aromatic N) is 1. The van der Waals surface area contributed by atoms with Gasteiger partial charge in [0.25, 0.3) is 0 Å². The van der Waals surface area contributed by atoms with Gasteiger partial charge in [-0.2, -0.15) is 0 Å². The first kappa shape index (κ1) is 21.1. The Labute approximate surface area is 178 Å². The van der Waals surface area contributed by atoms with Gasteiger partial charge >= 0.3 is 5.97 Å². The molecule has 4 aliphatic rings. The highest BCUT2D eigenvalue weighted by Gasteiger charge is 2.55. The van der Waals surface area contributed by atoms with Crippen LogP contribution in [-0.4, -0.2) is 47.2 Å². The van der Waals surface area contributed by atoms with Crippen LogP contribution >= 0.6 is 0 Å². The second-order valence-corrected chi connectivity index (χ2v) is 9.79. The van der Waals surface area contributed by atoms with E-state index in [9.17, 15) is 14.4 Å². The third kappa shape index (κ3) is 3.48. The van der Waals surface area contributed by atoms with Crippen LogP contribution in [0.2, 0.25) is 0 Å². The second kappa shape index (κ2) is 7.86. The summed E-state index contributed by atoms with van der Waals surface area (Å²) in [6.45, 7) is 8.14. The Morgan fingerprint density at radius 2 is 1.60 bits per heavy atom. The van der Waals surface area contributed by atoms with Crippen LogP contribution in [0, 0.1) is 37.0 Å². The molecule has 0 spiro atoms. The summed E-state index contributed by atoms with van der Waals surface area (Å²) >= 11 is 0. The van der Waals surface area contributed by atoms with Crippen LogP contribution in [0.1, 0.15) is 84.5 Å². The molecule has 4 bridgehead atoms. The lowest BCUT2D eigenvalue weighted by molar-refractivity contribution is -0.157. The third-order valence-corrected chi connectivity index (χ3v) is 7.69. The van der Waals surface area contributed by atoms with Crippen molar-refractivity contribution in [3.05, 3.63) is 22.5 Å². The number of ether oxygens (including phenoxy) is 1. The molecule has 0 aliphatic heterocycles. The third-order valence-electron chi connectivity index (χ3n) is 7.69. The monoisotopic (exact) mass is 414 g/mol. The minimum Gasteiger partial charge on any atom is -0.461 e. The maximum atomic E-state index is 13.7. The predicted molar refractivity (Wildman–Crippen MR) is 113 cm³/mol. The van der Waals surface area contributed by atoms with Gasteiger partial charge in [0.05, 0.1) is 18.6 Å². The number of likely N-dealkylation sites (N-methyl/N-ethyl adjacent to an activating group) is 1. The zero-order chi connectivity index (χ0) is 21.6. The minimum absolute atomic E-state index is 0.0683. The summed E-state index contributed by atoms with van der Waals surface area (Å²) in [5, 5.41) is 0. The number of nitrogens with one attached hydrogen (secondary N) is 1. The number of ketones is 1. The number of aromatic nitrogens is 1. The van der Waals surface area contributed by atoms with Crippen molar-refractivity contribution in [1.29, 1.82) is 0 Å². The van der Waals surface area contributed by atoms with Gasteiger partial charge in [0.2, 0.25) is 5.91 Å². The van der Waals surface area contributed by atoms with Crippen LogP contribution < -0.4 is 0 Å². The average Bonchev–Trinajstić information content (AvgIpc) is 2.99. The van der Waals surface area contributed by atoms with Gasteiger partial charge in [-0.05, 0) is 89.5 Å². The molecule has 5 rings (SSSR count). The fraction of sp³-hybridized carbons (Fsp3) is 0.708. The van der Waals surface area contributed by atoms with E-state index in [4.69, 9.17) is 4.74 Å². The molecule has 0 atom stereocenters. The van der Waals surface area contributed by atoms with Crippen LogP contribution in [0.25, 0.3) is 0 Å². The number of amides is 1. The van der Waals surface area contributed by atoms with Crippen molar-refractivity contribution in [3.63, 3.8) is 0 Å². The second-order valence-electron chi connectivity index (χ2n) is 9.79. The quantitative estimate of drug-likeness (QED) is 0.539. The summed E-state index contributed by atoms with van der Waals surface area (Å²) in [6, 6.07) is 0. The normalized spacial score (nSPS) is 29.1. The SMILES string of the molecule is CCOC(=O)c1[nH]c(C)c(C(=O)CN(CC)C(=O)C23CC4CC(CC(C4)C2)C3)c1C. The van der Waals surface area contributed by atoms with E-state index in [1.807, 2.05) is 6.92 Å². The molecule has 1 heterocycles. The van der Waals surface area contributed by atoms with Gasteiger partial charge in [-0.1, -0.05) is 0 Å². The molecular weight excluding hydrogens is 380 g/mol. The van der Waals surface area contributed by atoms with E-state index in [1.165, 1.54) is 19.3 Å². The van der Waals surface area contributed by atoms with Crippen molar-refractivity contribution < 1.29 is 19.1 Å².